The van der Waals surface area contributed by atoms with Crippen molar-refractivity contribution in [3.63, 3.8) is 0 Å². The molecule has 0 bridgehead atoms. The van der Waals surface area contributed by atoms with E-state index in [4.69, 9.17) is 10.5 Å². The number of ether oxygens (including phenoxy) is 1. The van der Waals surface area contributed by atoms with Crippen LogP contribution in [0.5, 0.6) is 5.75 Å². The van der Waals surface area contributed by atoms with Crippen LogP contribution in [0.3, 0.4) is 0 Å². The van der Waals surface area contributed by atoms with Crippen molar-refractivity contribution in [3.8, 4) is 5.75 Å². The van der Waals surface area contributed by atoms with Crippen LogP contribution in [0.2, 0.25) is 0 Å². The van der Waals surface area contributed by atoms with E-state index >= 15 is 0 Å². The summed E-state index contributed by atoms with van der Waals surface area (Å²) in [6.07, 6.45) is -0.521. The van der Waals surface area contributed by atoms with Gasteiger partial charge in [0.25, 0.3) is 5.91 Å². The molecule has 114 valence electrons. The lowest BCUT2D eigenvalue weighted by Crippen LogP contribution is -2.45. The van der Waals surface area contributed by atoms with Crippen molar-refractivity contribution in [2.75, 3.05) is 10.6 Å². The summed E-state index contributed by atoms with van der Waals surface area (Å²) in [6.45, 7) is 7.38. The highest BCUT2D eigenvalue weighted by atomic mass is 16.5. The molecule has 1 aromatic rings. The van der Waals surface area contributed by atoms with E-state index in [1.807, 2.05) is 20.8 Å². The van der Waals surface area contributed by atoms with Crippen LogP contribution in [0.25, 0.3) is 0 Å². The van der Waals surface area contributed by atoms with E-state index in [0.29, 0.717) is 17.1 Å². The predicted octanol–water partition coefficient (Wildman–Crippen LogP) is 1.72. The number of nitrogens with two attached hydrogens (primary N) is 1. The van der Waals surface area contributed by atoms with Gasteiger partial charge in [-0.2, -0.15) is 0 Å². The Morgan fingerprint density at radius 2 is 2.10 bits per heavy atom. The number of rotatable bonds is 2. The van der Waals surface area contributed by atoms with Crippen molar-refractivity contribution >= 4 is 23.2 Å². The number of fused-ring (bicyclic) bond motifs is 1. The maximum Gasteiger partial charge on any atom is 0.265 e. The van der Waals surface area contributed by atoms with Crippen LogP contribution in [-0.2, 0) is 9.59 Å². The number of carbonyl (C=O) groups is 2. The molecule has 4 N–H and O–H groups in total. The molecule has 2 unspecified atom stereocenters. The Kier molecular flexibility index (Phi) is 3.91. The van der Waals surface area contributed by atoms with Gasteiger partial charge < -0.3 is 21.1 Å². The lowest BCUT2D eigenvalue weighted by molar-refractivity contribution is -0.122. The largest absolute Gasteiger partial charge is 0.479 e. The van der Waals surface area contributed by atoms with Gasteiger partial charge in [-0.25, -0.2) is 0 Å². The first-order valence-electron chi connectivity index (χ1n) is 6.86. The van der Waals surface area contributed by atoms with Gasteiger partial charge in [0, 0.05) is 5.69 Å². The van der Waals surface area contributed by atoms with Crippen LogP contribution in [-0.4, -0.2) is 24.0 Å². The van der Waals surface area contributed by atoms with E-state index in [2.05, 4.69) is 10.6 Å². The van der Waals surface area contributed by atoms with Crippen molar-refractivity contribution in [1.29, 1.82) is 0 Å². The van der Waals surface area contributed by atoms with Crippen LogP contribution < -0.4 is 21.1 Å². The number of hydrogen-bond acceptors (Lipinski definition) is 4. The molecule has 2 atom stereocenters. The maximum atomic E-state index is 12.1. The Hall–Kier alpha value is -2.08. The summed E-state index contributed by atoms with van der Waals surface area (Å²) in [6, 6.07) is 4.46. The molecule has 2 amide bonds. The van der Waals surface area contributed by atoms with Gasteiger partial charge in [0.05, 0.1) is 11.7 Å². The first-order valence-corrected chi connectivity index (χ1v) is 6.86. The molecule has 1 aromatic carbocycles. The number of benzene rings is 1. The highest BCUT2D eigenvalue weighted by Crippen LogP contribution is 2.32. The van der Waals surface area contributed by atoms with Crippen molar-refractivity contribution < 1.29 is 14.3 Å². The van der Waals surface area contributed by atoms with Gasteiger partial charge in [0.15, 0.2) is 6.10 Å². The summed E-state index contributed by atoms with van der Waals surface area (Å²) in [4.78, 5) is 23.7. The molecule has 1 aliphatic heterocycles. The summed E-state index contributed by atoms with van der Waals surface area (Å²) in [5, 5.41) is 5.49. The average molecular weight is 291 g/mol. The molecule has 0 aliphatic carbocycles. The van der Waals surface area contributed by atoms with E-state index < -0.39 is 12.1 Å². The summed E-state index contributed by atoms with van der Waals surface area (Å²) in [7, 11) is 0. The third-order valence-corrected chi connectivity index (χ3v) is 3.39. The standard InChI is InChI=1S/C15H21N3O3/c1-8-13(19)18-10-7-9(5-6-11(10)21-8)17-14(20)12(16)15(2,3)4/h5-8,12H,16H2,1-4H3,(H,17,20)(H,18,19). The van der Waals surface area contributed by atoms with Crippen molar-refractivity contribution in [3.05, 3.63) is 18.2 Å². The molecule has 6 heteroatoms. The first kappa shape index (κ1) is 15.3. The molecule has 0 spiro atoms. The SMILES string of the molecule is CC1Oc2ccc(NC(=O)C(N)C(C)(C)C)cc2NC1=O. The Balaban J connectivity index is 2.15. The smallest absolute Gasteiger partial charge is 0.265 e. The lowest BCUT2D eigenvalue weighted by atomic mass is 9.87. The molecular weight excluding hydrogens is 270 g/mol. The molecule has 0 radical (unpaired) electrons. The Bertz CT molecular complexity index is 578. The van der Waals surface area contributed by atoms with Crippen LogP contribution in [0.1, 0.15) is 27.7 Å². The fraction of sp³-hybridized carbons (Fsp3) is 0.467. The topological polar surface area (TPSA) is 93.4 Å². The Labute approximate surface area is 124 Å². The number of hydrogen-bond donors (Lipinski definition) is 3. The molecule has 0 fully saturated rings. The fourth-order valence-electron chi connectivity index (χ4n) is 1.90. The van der Waals surface area contributed by atoms with Gasteiger partial charge in [-0.1, -0.05) is 20.8 Å². The molecule has 0 aromatic heterocycles. The summed E-state index contributed by atoms with van der Waals surface area (Å²) in [5.41, 5.74) is 6.69. The molecule has 1 aliphatic rings. The molecular formula is C15H21N3O3. The minimum Gasteiger partial charge on any atom is -0.479 e. The zero-order chi connectivity index (χ0) is 15.8. The zero-order valence-electron chi connectivity index (χ0n) is 12.7. The number of amides is 2. The second-order valence-electron chi connectivity index (χ2n) is 6.29. The third kappa shape index (κ3) is 3.33. The number of nitrogens with one attached hydrogen (secondary N) is 2. The van der Waals surface area contributed by atoms with Gasteiger partial charge in [0.2, 0.25) is 5.91 Å². The molecule has 2 rings (SSSR count). The van der Waals surface area contributed by atoms with Crippen molar-refractivity contribution in [1.82, 2.24) is 0 Å². The molecule has 1 heterocycles. The number of carbonyl (C=O) groups excluding carboxylic acids is 2. The van der Waals surface area contributed by atoms with Crippen LogP contribution in [0.15, 0.2) is 18.2 Å². The van der Waals surface area contributed by atoms with Crippen molar-refractivity contribution in [2.45, 2.75) is 39.8 Å². The summed E-state index contributed by atoms with van der Waals surface area (Å²) >= 11 is 0. The van der Waals surface area contributed by atoms with E-state index in [9.17, 15) is 9.59 Å². The molecule has 21 heavy (non-hydrogen) atoms. The van der Waals surface area contributed by atoms with E-state index in [-0.39, 0.29) is 17.2 Å². The maximum absolute atomic E-state index is 12.1. The third-order valence-electron chi connectivity index (χ3n) is 3.39. The second-order valence-corrected chi connectivity index (χ2v) is 6.29. The lowest BCUT2D eigenvalue weighted by Gasteiger charge is -2.26. The van der Waals surface area contributed by atoms with Gasteiger partial charge >= 0.3 is 0 Å². The van der Waals surface area contributed by atoms with E-state index in [1.165, 1.54) is 0 Å². The molecule has 0 saturated carbocycles. The van der Waals surface area contributed by atoms with Crippen molar-refractivity contribution in [2.24, 2.45) is 11.1 Å². The van der Waals surface area contributed by atoms with Gasteiger partial charge in [-0.15, -0.1) is 0 Å². The first-order chi connectivity index (χ1) is 9.68. The Morgan fingerprint density at radius 1 is 1.43 bits per heavy atom. The normalized spacial score (nSPS) is 19.1. The Morgan fingerprint density at radius 3 is 2.71 bits per heavy atom. The minimum atomic E-state index is -0.626. The second kappa shape index (κ2) is 5.37. The quantitative estimate of drug-likeness (QED) is 0.773. The minimum absolute atomic E-state index is 0.211. The summed E-state index contributed by atoms with van der Waals surface area (Å²) < 4.78 is 5.46. The van der Waals surface area contributed by atoms with E-state index in [0.717, 1.165) is 0 Å². The monoisotopic (exact) mass is 291 g/mol. The van der Waals surface area contributed by atoms with Gasteiger partial charge in [-0.05, 0) is 30.5 Å². The zero-order valence-corrected chi connectivity index (χ0v) is 12.7. The van der Waals surface area contributed by atoms with Gasteiger partial charge in [0.1, 0.15) is 5.75 Å². The highest BCUT2D eigenvalue weighted by Gasteiger charge is 2.28. The predicted molar refractivity (Wildman–Crippen MR) is 81.2 cm³/mol. The van der Waals surface area contributed by atoms with Gasteiger partial charge in [-0.3, -0.25) is 9.59 Å². The summed E-state index contributed by atoms with van der Waals surface area (Å²) in [5.74, 6) is 0.108. The average Bonchev–Trinajstić information content (AvgIpc) is 2.38. The number of anilines is 2. The fourth-order valence-corrected chi connectivity index (χ4v) is 1.90. The highest BCUT2D eigenvalue weighted by molar-refractivity contribution is 6.00. The van der Waals surface area contributed by atoms with E-state index in [1.54, 1.807) is 25.1 Å². The van der Waals surface area contributed by atoms with Crippen LogP contribution >= 0.6 is 0 Å². The van der Waals surface area contributed by atoms with Crippen LogP contribution in [0, 0.1) is 5.41 Å². The molecule has 6 nitrogen and oxygen atoms in total. The molecule has 0 saturated heterocycles. The van der Waals surface area contributed by atoms with Crippen LogP contribution in [0.4, 0.5) is 11.4 Å².